The molecular formula is C18H20ClO2P. The van der Waals surface area contributed by atoms with Crippen LogP contribution in [-0.2, 0) is 0 Å². The average molecular weight is 335 g/mol. The number of benzene rings is 2. The Labute approximate surface area is 138 Å². The topological polar surface area (TPSA) is 26.3 Å². The van der Waals surface area contributed by atoms with Gasteiger partial charge in [0.1, 0.15) is 11.4 Å². The average Bonchev–Trinajstić information content (AvgIpc) is 2.39. The van der Waals surface area contributed by atoms with E-state index in [1.54, 1.807) is 6.07 Å². The highest BCUT2D eigenvalue weighted by atomic mass is 35.5. The second kappa shape index (κ2) is 6.81. The van der Waals surface area contributed by atoms with Gasteiger partial charge in [-0.2, -0.15) is 0 Å². The summed E-state index contributed by atoms with van der Waals surface area (Å²) in [6.07, 6.45) is 0. The van der Waals surface area contributed by atoms with Crippen LogP contribution < -0.4 is 10.0 Å². The van der Waals surface area contributed by atoms with Crippen molar-refractivity contribution in [3.05, 3.63) is 58.6 Å². The molecule has 0 aliphatic heterocycles. The summed E-state index contributed by atoms with van der Waals surface area (Å²) in [6, 6.07) is 13.2. The molecule has 0 N–H and O–H groups in total. The molecule has 2 rings (SSSR count). The van der Waals surface area contributed by atoms with Crippen LogP contribution in [0.25, 0.3) is 0 Å². The van der Waals surface area contributed by atoms with Gasteiger partial charge in [0.2, 0.25) is 0 Å². The molecule has 0 amide bonds. The monoisotopic (exact) mass is 334 g/mol. The molecule has 0 heterocycles. The first-order chi connectivity index (χ1) is 10.3. The maximum atomic E-state index is 12.5. The fraction of sp³-hybridized carbons (Fsp3) is 0.278. The first kappa shape index (κ1) is 17.0. The van der Waals surface area contributed by atoms with Gasteiger partial charge in [-0.25, -0.2) is 0 Å². The van der Waals surface area contributed by atoms with E-state index >= 15 is 0 Å². The quantitative estimate of drug-likeness (QED) is 0.738. The Morgan fingerprint density at radius 3 is 2.27 bits per heavy atom. The Bertz CT molecular complexity index is 652. The molecule has 116 valence electrons. The Kier molecular flexibility index (Phi) is 5.26. The largest absolute Gasteiger partial charge is 0.488 e. The van der Waals surface area contributed by atoms with Crippen molar-refractivity contribution in [3.63, 3.8) is 0 Å². The fourth-order valence-corrected chi connectivity index (χ4v) is 3.51. The molecule has 0 radical (unpaired) electrons. The summed E-state index contributed by atoms with van der Waals surface area (Å²) in [7, 11) is 0.0540. The van der Waals surface area contributed by atoms with Crippen LogP contribution in [0.3, 0.4) is 0 Å². The van der Waals surface area contributed by atoms with Gasteiger partial charge in [0, 0.05) is 5.56 Å². The van der Waals surface area contributed by atoms with E-state index in [9.17, 15) is 4.79 Å². The minimum atomic E-state index is -0.228. The number of carbonyl (C=O) groups excluding carboxylic acids is 1. The lowest BCUT2D eigenvalue weighted by Gasteiger charge is -2.21. The SMILES string of the molecule is Cc1cccc(Cl)c1C(=O)Pc1ccc(OC(C)(C)C)cc1. The smallest absolute Gasteiger partial charge is 0.187 e. The number of rotatable bonds is 4. The Hall–Kier alpha value is -1.37. The van der Waals surface area contributed by atoms with Crippen molar-refractivity contribution in [1.82, 2.24) is 0 Å². The van der Waals surface area contributed by atoms with Crippen molar-refractivity contribution in [2.75, 3.05) is 0 Å². The van der Waals surface area contributed by atoms with Gasteiger partial charge in [-0.05, 0) is 65.3 Å². The number of hydrogen-bond acceptors (Lipinski definition) is 2. The van der Waals surface area contributed by atoms with Crippen LogP contribution in [0.15, 0.2) is 42.5 Å². The molecule has 0 saturated heterocycles. The van der Waals surface area contributed by atoms with Crippen LogP contribution in [0.1, 0.15) is 36.7 Å². The van der Waals surface area contributed by atoms with Crippen LogP contribution in [0.4, 0.5) is 0 Å². The molecule has 0 saturated carbocycles. The summed E-state index contributed by atoms with van der Waals surface area (Å²) in [5.41, 5.74) is 1.37. The van der Waals surface area contributed by atoms with E-state index in [0.29, 0.717) is 10.6 Å². The molecule has 2 nitrogen and oxygen atoms in total. The maximum Gasteiger partial charge on any atom is 0.187 e. The molecule has 0 bridgehead atoms. The highest BCUT2D eigenvalue weighted by Gasteiger charge is 2.15. The molecule has 0 aromatic heterocycles. The third-order valence-corrected chi connectivity index (χ3v) is 4.40. The number of aryl methyl sites for hydroxylation is 1. The fourth-order valence-electron chi connectivity index (χ4n) is 2.07. The molecule has 0 aliphatic carbocycles. The number of carbonyl (C=O) groups is 1. The van der Waals surface area contributed by atoms with E-state index in [2.05, 4.69) is 0 Å². The Morgan fingerprint density at radius 2 is 1.73 bits per heavy atom. The second-order valence-corrected chi connectivity index (χ2v) is 7.81. The molecule has 0 fully saturated rings. The van der Waals surface area contributed by atoms with Crippen molar-refractivity contribution in [1.29, 1.82) is 0 Å². The Balaban J connectivity index is 2.12. The minimum Gasteiger partial charge on any atom is -0.488 e. The van der Waals surface area contributed by atoms with Gasteiger partial charge in [0.05, 0.1) is 5.02 Å². The molecular weight excluding hydrogens is 315 g/mol. The van der Waals surface area contributed by atoms with Crippen molar-refractivity contribution in [2.45, 2.75) is 33.3 Å². The summed E-state index contributed by atoms with van der Waals surface area (Å²) >= 11 is 6.15. The predicted octanol–water partition coefficient (Wildman–Crippen LogP) is 4.97. The van der Waals surface area contributed by atoms with Crippen LogP contribution >= 0.6 is 20.2 Å². The molecule has 1 atom stereocenters. The lowest BCUT2D eigenvalue weighted by molar-refractivity contribution is 0.108. The molecule has 1 unspecified atom stereocenters. The van der Waals surface area contributed by atoms with Gasteiger partial charge in [-0.3, -0.25) is 4.79 Å². The molecule has 2 aromatic carbocycles. The first-order valence-corrected chi connectivity index (χ1v) is 8.49. The maximum absolute atomic E-state index is 12.5. The molecule has 4 heteroatoms. The van der Waals surface area contributed by atoms with Crippen molar-refractivity contribution >= 4 is 31.0 Å². The lowest BCUT2D eigenvalue weighted by atomic mass is 10.1. The van der Waals surface area contributed by atoms with Gasteiger partial charge in [-0.15, -0.1) is 0 Å². The van der Waals surface area contributed by atoms with E-state index in [4.69, 9.17) is 16.3 Å². The number of ether oxygens (including phenoxy) is 1. The van der Waals surface area contributed by atoms with E-state index in [-0.39, 0.29) is 19.7 Å². The van der Waals surface area contributed by atoms with Crippen LogP contribution in [0.5, 0.6) is 5.75 Å². The summed E-state index contributed by atoms with van der Waals surface area (Å²) in [6.45, 7) is 7.93. The van der Waals surface area contributed by atoms with Gasteiger partial charge in [-0.1, -0.05) is 35.9 Å². The predicted molar refractivity (Wildman–Crippen MR) is 95.3 cm³/mol. The molecule has 22 heavy (non-hydrogen) atoms. The van der Waals surface area contributed by atoms with E-state index < -0.39 is 0 Å². The zero-order valence-corrected chi connectivity index (χ0v) is 15.0. The van der Waals surface area contributed by atoms with Gasteiger partial charge in [0.15, 0.2) is 5.52 Å². The third-order valence-electron chi connectivity index (χ3n) is 2.99. The summed E-state index contributed by atoms with van der Waals surface area (Å²) in [5, 5.41) is 1.50. The van der Waals surface area contributed by atoms with Crippen LogP contribution in [0.2, 0.25) is 5.02 Å². The van der Waals surface area contributed by atoms with Gasteiger partial charge in [0.25, 0.3) is 0 Å². The number of hydrogen-bond donors (Lipinski definition) is 0. The standard InChI is InChI=1S/C18H20ClO2P/c1-12-6-5-7-15(19)16(12)17(20)22-14-10-8-13(9-11-14)21-18(2,3)4/h5-11,22H,1-4H3. The third kappa shape index (κ3) is 4.56. The van der Waals surface area contributed by atoms with Gasteiger partial charge < -0.3 is 4.74 Å². The number of halogens is 1. The zero-order chi connectivity index (χ0) is 16.3. The summed E-state index contributed by atoms with van der Waals surface area (Å²) in [5.74, 6) is 0.808. The van der Waals surface area contributed by atoms with Gasteiger partial charge >= 0.3 is 0 Å². The molecule has 2 aromatic rings. The van der Waals surface area contributed by atoms with Crippen molar-refractivity contribution in [2.24, 2.45) is 0 Å². The highest BCUT2D eigenvalue weighted by Crippen LogP contribution is 2.28. The normalized spacial score (nSPS) is 11.9. The molecule has 0 spiro atoms. The Morgan fingerprint density at radius 1 is 1.09 bits per heavy atom. The van der Waals surface area contributed by atoms with Crippen LogP contribution in [-0.4, -0.2) is 11.1 Å². The van der Waals surface area contributed by atoms with E-state index in [1.165, 1.54) is 0 Å². The minimum absolute atomic E-state index is 0.0540. The zero-order valence-electron chi connectivity index (χ0n) is 13.2. The van der Waals surface area contributed by atoms with E-state index in [0.717, 1.165) is 16.6 Å². The second-order valence-electron chi connectivity index (χ2n) is 6.12. The van der Waals surface area contributed by atoms with Crippen LogP contribution in [0, 0.1) is 6.92 Å². The first-order valence-electron chi connectivity index (χ1n) is 7.12. The summed E-state index contributed by atoms with van der Waals surface area (Å²) < 4.78 is 5.78. The van der Waals surface area contributed by atoms with Crippen molar-refractivity contribution in [3.8, 4) is 5.75 Å². The molecule has 0 aliphatic rings. The van der Waals surface area contributed by atoms with E-state index in [1.807, 2.05) is 64.1 Å². The highest BCUT2D eigenvalue weighted by molar-refractivity contribution is 7.66. The van der Waals surface area contributed by atoms with Crippen molar-refractivity contribution < 1.29 is 9.53 Å². The summed E-state index contributed by atoms with van der Waals surface area (Å²) in [4.78, 5) is 12.5. The lowest BCUT2D eigenvalue weighted by Crippen LogP contribution is -2.23.